The zero-order chi connectivity index (χ0) is 32.1. The number of piperidine rings is 1. The van der Waals surface area contributed by atoms with E-state index < -0.39 is 11.5 Å². The van der Waals surface area contributed by atoms with Gasteiger partial charge in [-0.1, -0.05) is 30.3 Å². The third kappa shape index (κ3) is 6.79. The van der Waals surface area contributed by atoms with E-state index in [9.17, 15) is 10.1 Å². The first-order chi connectivity index (χ1) is 22.4. The summed E-state index contributed by atoms with van der Waals surface area (Å²) >= 11 is 1.28. The number of aryl methyl sites for hydroxylation is 1. The molecule has 10 nitrogen and oxygen atoms in total. The lowest BCUT2D eigenvalue weighted by Crippen LogP contribution is -2.54. The number of aromatic nitrogens is 2. The Bertz CT molecular complexity index is 1480. The van der Waals surface area contributed by atoms with E-state index in [1.54, 1.807) is 11.7 Å². The lowest BCUT2D eigenvalue weighted by molar-refractivity contribution is 0.0307. The minimum absolute atomic E-state index is 0.00797. The Morgan fingerprint density at radius 3 is 2.50 bits per heavy atom. The van der Waals surface area contributed by atoms with Gasteiger partial charge >= 0.3 is 6.09 Å². The summed E-state index contributed by atoms with van der Waals surface area (Å²) in [6.45, 7) is 5.15. The van der Waals surface area contributed by atoms with Gasteiger partial charge in [-0.25, -0.2) is 4.79 Å². The molecule has 2 aromatic carbocycles. The molecular weight excluding hydrogens is 598 g/mol. The fourth-order valence-corrected chi connectivity index (χ4v) is 8.24. The Kier molecular flexibility index (Phi) is 9.95. The number of carbonyl (C=O) groups is 1. The van der Waals surface area contributed by atoms with Crippen LogP contribution in [0, 0.1) is 29.1 Å². The van der Waals surface area contributed by atoms with Crippen molar-refractivity contribution in [3.05, 3.63) is 72.6 Å². The molecule has 244 valence electrons. The third-order valence-corrected chi connectivity index (χ3v) is 10.8. The van der Waals surface area contributed by atoms with Crippen LogP contribution in [0.15, 0.2) is 67.0 Å². The van der Waals surface area contributed by atoms with Gasteiger partial charge in [0.05, 0.1) is 23.4 Å². The molecule has 1 saturated carbocycles. The summed E-state index contributed by atoms with van der Waals surface area (Å²) in [6, 6.07) is 21.4. The van der Waals surface area contributed by atoms with Crippen molar-refractivity contribution in [2.45, 2.75) is 43.6 Å². The van der Waals surface area contributed by atoms with Crippen molar-refractivity contribution < 1.29 is 13.7 Å². The van der Waals surface area contributed by atoms with Crippen LogP contribution in [0.5, 0.6) is 5.75 Å². The largest absolute Gasteiger partial charge is 0.446 e. The normalized spacial score (nSPS) is 22.0. The van der Waals surface area contributed by atoms with Gasteiger partial charge in [0.1, 0.15) is 11.9 Å². The van der Waals surface area contributed by atoms with Gasteiger partial charge in [0, 0.05) is 64.5 Å². The summed E-state index contributed by atoms with van der Waals surface area (Å²) in [5.74, 6) is 1.66. The summed E-state index contributed by atoms with van der Waals surface area (Å²) in [6.07, 6.45) is 7.72. The lowest BCUT2D eigenvalue weighted by atomic mass is 9.59. The molecule has 1 aromatic heterocycles. The highest BCUT2D eigenvalue weighted by Gasteiger charge is 2.53. The Morgan fingerprint density at radius 2 is 1.85 bits per heavy atom. The molecule has 0 bridgehead atoms. The molecule has 2 aliphatic heterocycles. The van der Waals surface area contributed by atoms with Gasteiger partial charge in [-0.05, 0) is 80.9 Å². The van der Waals surface area contributed by atoms with Crippen molar-refractivity contribution >= 4 is 29.7 Å². The maximum Gasteiger partial charge on any atom is 0.407 e. The second kappa shape index (κ2) is 14.3. The number of ether oxygens (including phenoxy) is 1. The second-order valence-electron chi connectivity index (χ2n) is 12.9. The summed E-state index contributed by atoms with van der Waals surface area (Å²) in [4.78, 5) is 17.2. The first-order valence-electron chi connectivity index (χ1n) is 16.4. The topological polar surface area (TPSA) is 98.9 Å². The molecule has 6 rings (SSSR count). The number of nitriles is 1. The summed E-state index contributed by atoms with van der Waals surface area (Å²) in [7, 11) is 5.45. The van der Waals surface area contributed by atoms with E-state index >= 15 is 0 Å². The Morgan fingerprint density at radius 1 is 1.11 bits per heavy atom. The first-order valence-corrected chi connectivity index (χ1v) is 17.1. The molecule has 0 radical (unpaired) electrons. The van der Waals surface area contributed by atoms with Crippen LogP contribution in [-0.4, -0.2) is 73.7 Å². The van der Waals surface area contributed by atoms with E-state index in [1.807, 2.05) is 61.1 Å². The Balaban J connectivity index is 1.01. The van der Waals surface area contributed by atoms with E-state index in [2.05, 4.69) is 50.5 Å². The van der Waals surface area contributed by atoms with Crippen molar-refractivity contribution in [1.82, 2.24) is 20.0 Å². The van der Waals surface area contributed by atoms with Crippen LogP contribution >= 0.6 is 12.2 Å². The summed E-state index contributed by atoms with van der Waals surface area (Å²) in [5.41, 5.74) is 2.60. The van der Waals surface area contributed by atoms with Gasteiger partial charge in [0.25, 0.3) is 0 Å². The van der Waals surface area contributed by atoms with E-state index in [0.29, 0.717) is 5.92 Å². The van der Waals surface area contributed by atoms with Crippen LogP contribution in [0.1, 0.15) is 37.7 Å². The van der Waals surface area contributed by atoms with E-state index in [0.717, 1.165) is 81.8 Å². The van der Waals surface area contributed by atoms with Crippen molar-refractivity contribution in [3.63, 3.8) is 0 Å². The van der Waals surface area contributed by atoms with Gasteiger partial charge in [-0.2, -0.15) is 10.4 Å². The standard InChI is InChI=1S/C35H45N7O3S/c1-37-34(43)44-33-11-7-10-32(33)35(25-36,27-8-5-4-6-9-27)28-16-18-41(19-17-28)21-26-22-42(23-26)29-12-14-31(15-13-29)45-46-40(3)30-20-38-39(2)24-30/h4-6,8-9,12-15,20,24,26,28,32-33H,7,10-11,16-19,21-23H2,1-3H3,(H,37,43)/t32?,33-,35?/m0/s1. The maximum atomic E-state index is 12.2. The molecule has 2 unspecified atom stereocenters. The molecule has 3 fully saturated rings. The van der Waals surface area contributed by atoms with Gasteiger partial charge in [-0.3, -0.25) is 8.99 Å². The summed E-state index contributed by atoms with van der Waals surface area (Å²) in [5, 5.41) is 17.7. The maximum absolute atomic E-state index is 12.2. The number of anilines is 2. The van der Waals surface area contributed by atoms with Crippen molar-refractivity contribution in [1.29, 1.82) is 5.26 Å². The van der Waals surface area contributed by atoms with Gasteiger partial charge in [0.2, 0.25) is 0 Å². The van der Waals surface area contributed by atoms with Crippen LogP contribution in [0.3, 0.4) is 0 Å². The molecule has 3 aliphatic rings. The average Bonchev–Trinajstić information content (AvgIpc) is 3.73. The molecule has 3 aromatic rings. The Hall–Kier alpha value is -3.88. The number of nitrogens with one attached hydrogen (secondary N) is 1. The second-order valence-corrected chi connectivity index (χ2v) is 13.8. The van der Waals surface area contributed by atoms with Crippen LogP contribution in [0.2, 0.25) is 0 Å². The highest BCUT2D eigenvalue weighted by molar-refractivity contribution is 7.96. The van der Waals surface area contributed by atoms with Gasteiger partial charge in [-0.15, -0.1) is 0 Å². The van der Waals surface area contributed by atoms with E-state index in [-0.39, 0.29) is 17.9 Å². The molecular formula is C35H45N7O3S. The number of hydrogen-bond donors (Lipinski definition) is 1. The monoisotopic (exact) mass is 643 g/mol. The fraction of sp³-hybridized carbons (Fsp3) is 0.514. The minimum Gasteiger partial charge on any atom is -0.446 e. The SMILES string of the molecule is CNC(=O)O[C@H]1CCCC1C(C#N)(c1ccccc1)C1CCN(CC2CN(c3ccc(OSN(C)c4cnn(C)c4)cc3)C2)CC1. The average molecular weight is 644 g/mol. The third-order valence-electron chi connectivity index (χ3n) is 10.1. The predicted molar refractivity (Wildman–Crippen MR) is 182 cm³/mol. The number of hydrogen-bond acceptors (Lipinski definition) is 9. The molecule has 46 heavy (non-hydrogen) atoms. The van der Waals surface area contributed by atoms with Crippen LogP contribution in [-0.2, 0) is 17.2 Å². The zero-order valence-electron chi connectivity index (χ0n) is 27.0. The molecule has 11 heteroatoms. The number of likely N-dealkylation sites (tertiary alicyclic amines) is 1. The van der Waals surface area contributed by atoms with E-state index in [4.69, 9.17) is 8.92 Å². The molecule has 1 amide bonds. The van der Waals surface area contributed by atoms with Gasteiger partial charge in [0.15, 0.2) is 12.2 Å². The molecule has 3 atom stereocenters. The predicted octanol–water partition coefficient (Wildman–Crippen LogP) is 5.63. The van der Waals surface area contributed by atoms with Crippen LogP contribution in [0.25, 0.3) is 0 Å². The van der Waals surface area contributed by atoms with Crippen molar-refractivity contribution in [3.8, 4) is 11.8 Å². The minimum atomic E-state index is -0.668. The number of rotatable bonds is 11. The molecule has 1 aliphatic carbocycles. The zero-order valence-corrected chi connectivity index (χ0v) is 27.9. The number of amides is 1. The molecule has 2 saturated heterocycles. The van der Waals surface area contributed by atoms with Crippen LogP contribution < -0.4 is 18.7 Å². The smallest absolute Gasteiger partial charge is 0.407 e. The number of alkyl carbamates (subject to hydrolysis) is 1. The molecule has 0 spiro atoms. The fourth-order valence-electron chi connectivity index (χ4n) is 7.75. The highest BCUT2D eigenvalue weighted by Crippen LogP contribution is 2.51. The number of nitrogens with zero attached hydrogens (tertiary/aromatic N) is 6. The number of carbonyl (C=O) groups excluding carboxylic acids is 1. The summed E-state index contributed by atoms with van der Waals surface area (Å²) < 4.78 is 15.5. The van der Waals surface area contributed by atoms with Crippen molar-refractivity contribution in [2.24, 2.45) is 24.8 Å². The molecule has 1 N–H and O–H groups in total. The van der Waals surface area contributed by atoms with Crippen LogP contribution in [0.4, 0.5) is 16.2 Å². The van der Waals surface area contributed by atoms with E-state index in [1.165, 1.54) is 17.9 Å². The quantitative estimate of drug-likeness (QED) is 0.211. The molecule has 3 heterocycles. The Labute approximate surface area is 277 Å². The number of benzene rings is 2. The highest BCUT2D eigenvalue weighted by atomic mass is 32.2. The first kappa shape index (κ1) is 32.1. The van der Waals surface area contributed by atoms with Crippen molar-refractivity contribution in [2.75, 3.05) is 56.0 Å². The van der Waals surface area contributed by atoms with Gasteiger partial charge < -0.3 is 24.0 Å². The lowest BCUT2D eigenvalue weighted by Gasteiger charge is -2.47.